The van der Waals surface area contributed by atoms with Crippen molar-refractivity contribution in [2.75, 3.05) is 11.1 Å². The molecule has 2 rings (SSSR count). The number of anilines is 1. The largest absolute Gasteiger partial charge is 0.325 e. The molecular weight excluding hydrogens is 332 g/mol. The molecule has 2 aromatic rings. The van der Waals surface area contributed by atoms with Gasteiger partial charge in [0, 0.05) is 11.4 Å². The van der Waals surface area contributed by atoms with Crippen LogP contribution in [0, 0.1) is 5.82 Å². The van der Waals surface area contributed by atoms with Crippen LogP contribution in [0.5, 0.6) is 0 Å². The first kappa shape index (κ1) is 16.1. The van der Waals surface area contributed by atoms with Gasteiger partial charge in [0.2, 0.25) is 5.91 Å². The highest BCUT2D eigenvalue weighted by Gasteiger charge is 2.04. The molecule has 0 aliphatic heterocycles. The van der Waals surface area contributed by atoms with Crippen molar-refractivity contribution in [2.24, 2.45) is 0 Å². The fourth-order valence-corrected chi connectivity index (χ4v) is 2.72. The molecular formula is C15H12Cl2FNOS. The Hall–Kier alpha value is -1.23. The molecule has 0 aliphatic carbocycles. The van der Waals surface area contributed by atoms with Crippen LogP contribution in [0.15, 0.2) is 42.5 Å². The summed E-state index contributed by atoms with van der Waals surface area (Å²) >= 11 is 13.2. The molecule has 0 fully saturated rings. The van der Waals surface area contributed by atoms with Crippen LogP contribution in [0.4, 0.5) is 10.1 Å². The Morgan fingerprint density at radius 2 is 1.81 bits per heavy atom. The minimum Gasteiger partial charge on any atom is -0.325 e. The number of nitrogens with one attached hydrogen (secondary N) is 1. The van der Waals surface area contributed by atoms with Crippen LogP contribution in [0.3, 0.4) is 0 Å². The van der Waals surface area contributed by atoms with Gasteiger partial charge in [-0.15, -0.1) is 11.8 Å². The third-order valence-electron chi connectivity index (χ3n) is 2.61. The van der Waals surface area contributed by atoms with E-state index in [9.17, 15) is 9.18 Å². The number of amides is 1. The summed E-state index contributed by atoms with van der Waals surface area (Å²) < 4.78 is 12.7. The average molecular weight is 344 g/mol. The molecule has 0 unspecified atom stereocenters. The van der Waals surface area contributed by atoms with Crippen LogP contribution in [0.1, 0.15) is 5.56 Å². The maximum atomic E-state index is 12.7. The SMILES string of the molecule is O=C(CSCc1ccc(Cl)c(Cl)c1)Nc1ccc(F)cc1. The zero-order valence-corrected chi connectivity index (χ0v) is 13.2. The smallest absolute Gasteiger partial charge is 0.234 e. The summed E-state index contributed by atoms with van der Waals surface area (Å²) in [6.07, 6.45) is 0. The van der Waals surface area contributed by atoms with Crippen LogP contribution >= 0.6 is 35.0 Å². The van der Waals surface area contributed by atoms with Gasteiger partial charge in [0.25, 0.3) is 0 Å². The molecule has 1 amide bonds. The molecule has 1 N–H and O–H groups in total. The van der Waals surface area contributed by atoms with Gasteiger partial charge in [-0.3, -0.25) is 4.79 Å². The van der Waals surface area contributed by atoms with Crippen molar-refractivity contribution in [2.45, 2.75) is 5.75 Å². The Morgan fingerprint density at radius 3 is 2.48 bits per heavy atom. The predicted molar refractivity (Wildman–Crippen MR) is 87.7 cm³/mol. The molecule has 0 aromatic heterocycles. The van der Waals surface area contributed by atoms with Crippen LogP contribution < -0.4 is 5.32 Å². The summed E-state index contributed by atoms with van der Waals surface area (Å²) in [5.41, 5.74) is 1.58. The lowest BCUT2D eigenvalue weighted by molar-refractivity contribution is -0.113. The molecule has 0 saturated carbocycles. The number of halogens is 3. The average Bonchev–Trinajstić information content (AvgIpc) is 2.45. The first-order valence-corrected chi connectivity index (χ1v) is 8.03. The molecule has 0 spiro atoms. The normalized spacial score (nSPS) is 10.4. The summed E-state index contributed by atoms with van der Waals surface area (Å²) in [4.78, 5) is 11.7. The highest BCUT2D eigenvalue weighted by Crippen LogP contribution is 2.24. The third-order valence-corrected chi connectivity index (χ3v) is 4.36. The van der Waals surface area contributed by atoms with E-state index in [1.165, 1.54) is 36.0 Å². The predicted octanol–water partition coefficient (Wildman–Crippen LogP) is 5.00. The Labute approximate surface area is 136 Å². The quantitative estimate of drug-likeness (QED) is 0.827. The number of hydrogen-bond donors (Lipinski definition) is 1. The maximum absolute atomic E-state index is 12.7. The number of rotatable bonds is 5. The van der Waals surface area contributed by atoms with E-state index in [1.54, 1.807) is 12.1 Å². The van der Waals surface area contributed by atoms with Gasteiger partial charge in [-0.2, -0.15) is 0 Å². The molecule has 2 nitrogen and oxygen atoms in total. The molecule has 0 aliphatic rings. The van der Waals surface area contributed by atoms with Crippen molar-refractivity contribution in [1.82, 2.24) is 0 Å². The Bertz CT molecular complexity index is 634. The van der Waals surface area contributed by atoms with Gasteiger partial charge in [-0.05, 0) is 42.0 Å². The number of carbonyl (C=O) groups excluding carboxylic acids is 1. The summed E-state index contributed by atoms with van der Waals surface area (Å²) in [6, 6.07) is 11.1. The molecule has 2 aromatic carbocycles. The summed E-state index contributed by atoms with van der Waals surface area (Å²) in [6.45, 7) is 0. The molecule has 0 saturated heterocycles. The fraction of sp³-hybridized carbons (Fsp3) is 0.133. The van der Waals surface area contributed by atoms with Crippen molar-refractivity contribution < 1.29 is 9.18 Å². The van der Waals surface area contributed by atoms with Crippen LogP contribution in [-0.4, -0.2) is 11.7 Å². The zero-order valence-electron chi connectivity index (χ0n) is 10.9. The van der Waals surface area contributed by atoms with Gasteiger partial charge in [0.05, 0.1) is 15.8 Å². The number of benzene rings is 2. The van der Waals surface area contributed by atoms with E-state index in [0.29, 0.717) is 27.2 Å². The maximum Gasteiger partial charge on any atom is 0.234 e. The van der Waals surface area contributed by atoms with E-state index in [1.807, 2.05) is 6.07 Å². The molecule has 110 valence electrons. The highest BCUT2D eigenvalue weighted by molar-refractivity contribution is 7.99. The van der Waals surface area contributed by atoms with Crippen molar-refractivity contribution in [3.8, 4) is 0 Å². The van der Waals surface area contributed by atoms with E-state index in [2.05, 4.69) is 5.32 Å². The van der Waals surface area contributed by atoms with Gasteiger partial charge < -0.3 is 5.32 Å². The number of thioether (sulfide) groups is 1. The lowest BCUT2D eigenvalue weighted by Crippen LogP contribution is -2.14. The summed E-state index contributed by atoms with van der Waals surface area (Å²) in [5.74, 6) is 0.499. The van der Waals surface area contributed by atoms with Gasteiger partial charge in [-0.25, -0.2) is 4.39 Å². The van der Waals surface area contributed by atoms with E-state index < -0.39 is 0 Å². The Morgan fingerprint density at radius 1 is 1.10 bits per heavy atom. The lowest BCUT2D eigenvalue weighted by Gasteiger charge is -2.06. The minimum absolute atomic E-state index is 0.133. The monoisotopic (exact) mass is 343 g/mol. The third kappa shape index (κ3) is 5.23. The van der Waals surface area contributed by atoms with Gasteiger partial charge >= 0.3 is 0 Å². The highest BCUT2D eigenvalue weighted by atomic mass is 35.5. The number of hydrogen-bond acceptors (Lipinski definition) is 2. The molecule has 0 radical (unpaired) electrons. The van der Waals surface area contributed by atoms with Gasteiger partial charge in [-0.1, -0.05) is 29.3 Å². The second-order valence-electron chi connectivity index (χ2n) is 4.30. The Balaban J connectivity index is 1.78. The van der Waals surface area contributed by atoms with Gasteiger partial charge in [0.15, 0.2) is 0 Å². The fourth-order valence-electron chi connectivity index (χ4n) is 1.62. The Kier molecular flexibility index (Phi) is 5.91. The summed E-state index contributed by atoms with van der Waals surface area (Å²) in [7, 11) is 0. The molecule has 0 atom stereocenters. The standard InChI is InChI=1S/C15H12Cl2FNOS/c16-13-6-1-10(7-14(13)17)8-21-9-15(20)19-12-4-2-11(18)3-5-12/h1-7H,8-9H2,(H,19,20). The zero-order chi connectivity index (χ0) is 15.2. The second kappa shape index (κ2) is 7.69. The van der Waals surface area contributed by atoms with E-state index in [4.69, 9.17) is 23.2 Å². The first-order chi connectivity index (χ1) is 10.0. The summed E-state index contributed by atoms with van der Waals surface area (Å²) in [5, 5.41) is 3.72. The van der Waals surface area contributed by atoms with Crippen LogP contribution in [-0.2, 0) is 10.5 Å². The molecule has 0 heterocycles. The van der Waals surface area contributed by atoms with Crippen molar-refractivity contribution >= 4 is 46.6 Å². The van der Waals surface area contributed by atoms with Crippen molar-refractivity contribution in [1.29, 1.82) is 0 Å². The van der Waals surface area contributed by atoms with E-state index in [-0.39, 0.29) is 11.7 Å². The molecule has 21 heavy (non-hydrogen) atoms. The number of carbonyl (C=O) groups is 1. The van der Waals surface area contributed by atoms with E-state index >= 15 is 0 Å². The van der Waals surface area contributed by atoms with Crippen molar-refractivity contribution in [3.05, 3.63) is 63.9 Å². The van der Waals surface area contributed by atoms with Gasteiger partial charge in [0.1, 0.15) is 5.82 Å². The van der Waals surface area contributed by atoms with Crippen molar-refractivity contribution in [3.63, 3.8) is 0 Å². The van der Waals surface area contributed by atoms with E-state index in [0.717, 1.165) is 5.56 Å². The molecule has 6 heteroatoms. The van der Waals surface area contributed by atoms with Crippen LogP contribution in [0.25, 0.3) is 0 Å². The minimum atomic E-state index is -0.331. The molecule has 0 bridgehead atoms. The first-order valence-electron chi connectivity index (χ1n) is 6.11. The van der Waals surface area contributed by atoms with Crippen LogP contribution in [0.2, 0.25) is 10.0 Å². The topological polar surface area (TPSA) is 29.1 Å². The second-order valence-corrected chi connectivity index (χ2v) is 6.10. The lowest BCUT2D eigenvalue weighted by atomic mass is 10.2.